The highest BCUT2D eigenvalue weighted by molar-refractivity contribution is 8.77. The number of unbranched alkanes of at least 4 members (excludes halogenated alkanes) is 1. The van der Waals surface area contributed by atoms with Crippen molar-refractivity contribution < 1.29 is 4.79 Å². The molecule has 0 saturated carbocycles. The van der Waals surface area contributed by atoms with Crippen LogP contribution in [0.1, 0.15) is 72.6 Å². The summed E-state index contributed by atoms with van der Waals surface area (Å²) in [5.41, 5.74) is 0.189. The van der Waals surface area contributed by atoms with Crippen molar-refractivity contribution in [2.45, 2.75) is 95.0 Å². The lowest BCUT2D eigenvalue weighted by Crippen LogP contribution is -2.62. The second-order valence-corrected chi connectivity index (χ2v) is 10.9. The summed E-state index contributed by atoms with van der Waals surface area (Å²) in [6.45, 7) is 8.91. The maximum atomic E-state index is 12.2. The van der Waals surface area contributed by atoms with Gasteiger partial charge >= 0.3 is 0 Å². The second-order valence-electron chi connectivity index (χ2n) is 8.14. The molecule has 2 rings (SSSR count). The number of rotatable bonds is 6. The van der Waals surface area contributed by atoms with Crippen molar-refractivity contribution in [3.8, 4) is 0 Å². The fourth-order valence-electron chi connectivity index (χ4n) is 3.95. The molecule has 0 spiro atoms. The lowest BCUT2D eigenvalue weighted by Gasteiger charge is -2.46. The first-order chi connectivity index (χ1) is 10.3. The Hall–Kier alpha value is 0.130. The van der Waals surface area contributed by atoms with Crippen molar-refractivity contribution in [1.29, 1.82) is 0 Å². The molecule has 128 valence electrons. The Morgan fingerprint density at radius 1 is 1.18 bits per heavy atom. The first-order valence-electron chi connectivity index (χ1n) is 8.63. The minimum atomic E-state index is 0.0943. The van der Waals surface area contributed by atoms with Crippen molar-refractivity contribution in [3.63, 3.8) is 0 Å². The number of nitrogens with one attached hydrogen (secondary N) is 2. The van der Waals surface area contributed by atoms with Gasteiger partial charge in [-0.1, -0.05) is 28.0 Å². The summed E-state index contributed by atoms with van der Waals surface area (Å²) >= 11 is 0. The SMILES string of the molecule is CC1(C)CC(NC(=O)CCCC[C@H]2CCSS2)CC(C)(C)N1. The average Bonchev–Trinajstić information content (AvgIpc) is 2.83. The topological polar surface area (TPSA) is 41.1 Å². The Kier molecular flexibility index (Phi) is 6.55. The van der Waals surface area contributed by atoms with Gasteiger partial charge in [-0.15, -0.1) is 0 Å². The molecule has 0 bridgehead atoms. The number of hydrogen-bond acceptors (Lipinski definition) is 4. The van der Waals surface area contributed by atoms with Crippen LogP contribution < -0.4 is 10.6 Å². The highest BCUT2D eigenvalue weighted by Gasteiger charge is 2.38. The highest BCUT2D eigenvalue weighted by atomic mass is 33.1. The summed E-state index contributed by atoms with van der Waals surface area (Å²) in [7, 11) is 4.04. The summed E-state index contributed by atoms with van der Waals surface area (Å²) < 4.78 is 0. The Morgan fingerprint density at radius 3 is 2.45 bits per heavy atom. The molecule has 2 aliphatic rings. The van der Waals surface area contributed by atoms with Crippen LogP contribution in [0.2, 0.25) is 0 Å². The van der Waals surface area contributed by atoms with E-state index in [2.05, 4.69) is 38.3 Å². The number of piperidine rings is 1. The van der Waals surface area contributed by atoms with Gasteiger partial charge in [0.25, 0.3) is 0 Å². The predicted molar refractivity (Wildman–Crippen MR) is 99.4 cm³/mol. The molecular formula is C17H32N2OS2. The van der Waals surface area contributed by atoms with Crippen molar-refractivity contribution in [1.82, 2.24) is 10.6 Å². The van der Waals surface area contributed by atoms with Crippen molar-refractivity contribution in [2.75, 3.05) is 5.75 Å². The lowest BCUT2D eigenvalue weighted by molar-refractivity contribution is -0.122. The summed E-state index contributed by atoms with van der Waals surface area (Å²) in [6, 6.07) is 0.306. The van der Waals surface area contributed by atoms with Gasteiger partial charge in [0.2, 0.25) is 5.91 Å². The van der Waals surface area contributed by atoms with Gasteiger partial charge in [-0.25, -0.2) is 0 Å². The molecule has 2 heterocycles. The number of carbonyl (C=O) groups excluding carboxylic acids is 1. The van der Waals surface area contributed by atoms with Crippen LogP contribution in [0.25, 0.3) is 0 Å². The molecule has 0 aliphatic carbocycles. The van der Waals surface area contributed by atoms with Crippen LogP contribution in [-0.2, 0) is 4.79 Å². The van der Waals surface area contributed by atoms with Crippen LogP contribution in [0.5, 0.6) is 0 Å². The molecule has 2 N–H and O–H groups in total. The molecule has 3 nitrogen and oxygen atoms in total. The van der Waals surface area contributed by atoms with E-state index in [0.717, 1.165) is 24.5 Å². The first kappa shape index (κ1) is 18.5. The second kappa shape index (κ2) is 7.80. The zero-order valence-corrected chi connectivity index (χ0v) is 16.2. The van der Waals surface area contributed by atoms with Crippen LogP contribution in [0.3, 0.4) is 0 Å². The first-order valence-corrected chi connectivity index (χ1v) is 11.0. The molecule has 0 aromatic carbocycles. The molecule has 0 aromatic heterocycles. The minimum Gasteiger partial charge on any atom is -0.353 e. The number of carbonyl (C=O) groups is 1. The fraction of sp³-hybridized carbons (Fsp3) is 0.941. The van der Waals surface area contributed by atoms with E-state index in [-0.39, 0.29) is 17.0 Å². The van der Waals surface area contributed by atoms with Crippen LogP contribution in [0.4, 0.5) is 0 Å². The summed E-state index contributed by atoms with van der Waals surface area (Å²) in [4.78, 5) is 12.2. The maximum Gasteiger partial charge on any atom is 0.220 e. The quantitative estimate of drug-likeness (QED) is 0.561. The van der Waals surface area contributed by atoms with Gasteiger partial charge in [0.1, 0.15) is 0 Å². The van der Waals surface area contributed by atoms with E-state index in [1.165, 1.54) is 25.0 Å². The van der Waals surface area contributed by atoms with E-state index < -0.39 is 0 Å². The summed E-state index contributed by atoms with van der Waals surface area (Å²) in [5, 5.41) is 7.77. The zero-order valence-electron chi connectivity index (χ0n) is 14.5. The van der Waals surface area contributed by atoms with Gasteiger partial charge in [-0.2, -0.15) is 0 Å². The Labute approximate surface area is 143 Å². The molecule has 2 fully saturated rings. The molecule has 2 saturated heterocycles. The molecule has 2 aliphatic heterocycles. The van der Waals surface area contributed by atoms with E-state index in [4.69, 9.17) is 0 Å². The Bertz CT molecular complexity index is 363. The van der Waals surface area contributed by atoms with Crippen molar-refractivity contribution >= 4 is 27.5 Å². The summed E-state index contributed by atoms with van der Waals surface area (Å²) in [5.74, 6) is 1.55. The van der Waals surface area contributed by atoms with Gasteiger partial charge in [-0.05, 0) is 59.8 Å². The molecule has 0 unspecified atom stereocenters. The molecule has 22 heavy (non-hydrogen) atoms. The third-order valence-electron chi connectivity index (χ3n) is 4.46. The average molecular weight is 345 g/mol. The molecule has 0 aromatic rings. The van der Waals surface area contributed by atoms with Crippen molar-refractivity contribution in [3.05, 3.63) is 0 Å². The zero-order chi connectivity index (χ0) is 16.2. The lowest BCUT2D eigenvalue weighted by atomic mass is 9.79. The Balaban J connectivity index is 1.65. The van der Waals surface area contributed by atoms with E-state index in [1.807, 2.05) is 21.6 Å². The third kappa shape index (κ3) is 6.32. The smallest absolute Gasteiger partial charge is 0.220 e. The van der Waals surface area contributed by atoms with Gasteiger partial charge in [0.05, 0.1) is 0 Å². The number of hydrogen-bond donors (Lipinski definition) is 2. The van der Waals surface area contributed by atoms with Crippen LogP contribution in [0.15, 0.2) is 0 Å². The van der Waals surface area contributed by atoms with E-state index in [9.17, 15) is 4.79 Å². The highest BCUT2D eigenvalue weighted by Crippen LogP contribution is 2.39. The van der Waals surface area contributed by atoms with Crippen LogP contribution in [-0.4, -0.2) is 34.0 Å². The van der Waals surface area contributed by atoms with E-state index >= 15 is 0 Å². The fourth-order valence-corrected chi connectivity index (χ4v) is 6.97. The van der Waals surface area contributed by atoms with Crippen LogP contribution >= 0.6 is 21.6 Å². The van der Waals surface area contributed by atoms with Gasteiger partial charge in [-0.3, -0.25) is 4.79 Å². The summed E-state index contributed by atoms with van der Waals surface area (Å²) in [6.07, 6.45) is 7.56. The van der Waals surface area contributed by atoms with Gasteiger partial charge < -0.3 is 10.6 Å². The molecule has 1 amide bonds. The predicted octanol–water partition coefficient (Wildman–Crippen LogP) is 4.13. The largest absolute Gasteiger partial charge is 0.353 e. The standard InChI is InChI=1S/C17H32N2OS2/c1-16(2)11-13(12-17(3,4)19-16)18-15(20)8-6-5-7-14-9-10-21-22-14/h13-14,19H,5-12H2,1-4H3,(H,18,20)/t14-/m0/s1. The Morgan fingerprint density at radius 2 is 1.86 bits per heavy atom. The normalized spacial score (nSPS) is 27.7. The monoisotopic (exact) mass is 344 g/mol. The van der Waals surface area contributed by atoms with Gasteiger partial charge in [0, 0.05) is 34.5 Å². The third-order valence-corrected chi connectivity index (χ3v) is 7.47. The minimum absolute atomic E-state index is 0.0943. The molecule has 5 heteroatoms. The molecular weight excluding hydrogens is 312 g/mol. The van der Waals surface area contributed by atoms with Crippen molar-refractivity contribution in [2.24, 2.45) is 0 Å². The van der Waals surface area contributed by atoms with E-state index in [0.29, 0.717) is 12.5 Å². The van der Waals surface area contributed by atoms with E-state index in [1.54, 1.807) is 0 Å². The molecule has 1 atom stereocenters. The van der Waals surface area contributed by atoms with Crippen LogP contribution in [0, 0.1) is 0 Å². The number of amides is 1. The maximum absolute atomic E-state index is 12.2. The molecule has 0 radical (unpaired) electrons. The van der Waals surface area contributed by atoms with Gasteiger partial charge in [0.15, 0.2) is 0 Å².